The third-order valence-electron chi connectivity index (χ3n) is 3.17. The lowest BCUT2D eigenvalue weighted by Gasteiger charge is -2.32. The highest BCUT2D eigenvalue weighted by Crippen LogP contribution is 2.32. The van der Waals surface area contributed by atoms with Crippen molar-refractivity contribution >= 4 is 0 Å². The smallest absolute Gasteiger partial charge is 0.0574 e. The van der Waals surface area contributed by atoms with Crippen LogP contribution in [0.1, 0.15) is 53.4 Å². The molecule has 1 heteroatoms. The van der Waals surface area contributed by atoms with Gasteiger partial charge in [0, 0.05) is 7.11 Å². The highest BCUT2D eigenvalue weighted by Gasteiger charge is 2.25. The van der Waals surface area contributed by atoms with Crippen molar-refractivity contribution in [1.82, 2.24) is 0 Å². The summed E-state index contributed by atoms with van der Waals surface area (Å²) in [5.74, 6) is 1.83. The molecule has 0 bridgehead atoms. The lowest BCUT2D eigenvalue weighted by atomic mass is 9.78. The van der Waals surface area contributed by atoms with Gasteiger partial charge in [0.15, 0.2) is 0 Å². The Morgan fingerprint density at radius 3 is 2.31 bits per heavy atom. The van der Waals surface area contributed by atoms with Gasteiger partial charge in [-0.2, -0.15) is 0 Å². The highest BCUT2D eigenvalue weighted by molar-refractivity contribution is 4.77. The zero-order valence-corrected chi connectivity index (χ0v) is 9.97. The number of ether oxygens (including phenoxy) is 1. The van der Waals surface area contributed by atoms with Crippen LogP contribution >= 0.6 is 0 Å². The second-order valence-corrected chi connectivity index (χ2v) is 3.82. The molecule has 0 saturated heterocycles. The third-order valence-corrected chi connectivity index (χ3v) is 3.17. The van der Waals surface area contributed by atoms with E-state index >= 15 is 0 Å². The molecule has 0 aromatic rings. The molecule has 80 valence electrons. The largest absolute Gasteiger partial charge is 0.381 e. The minimum absolute atomic E-state index is 0.552. The van der Waals surface area contributed by atoms with Crippen LogP contribution in [0, 0.1) is 11.8 Å². The van der Waals surface area contributed by atoms with Gasteiger partial charge in [0.2, 0.25) is 0 Å². The monoisotopic (exact) mass is 186 g/mol. The normalized spacial score (nSPS) is 33.5. The van der Waals surface area contributed by atoms with E-state index in [1.54, 1.807) is 0 Å². The molecule has 0 spiro atoms. The second-order valence-electron chi connectivity index (χ2n) is 3.82. The van der Waals surface area contributed by atoms with Crippen LogP contribution in [0.3, 0.4) is 0 Å². The fraction of sp³-hybridized carbons (Fsp3) is 1.00. The van der Waals surface area contributed by atoms with Gasteiger partial charge in [-0.25, -0.2) is 0 Å². The standard InChI is InChI=1S/C10H20O.C2H6/c1-4-9-7-10(11-3)6-5-8(9)2;1-2/h8-10H,4-7H2,1-3H3;1-2H3. The molecular formula is C12H26O. The van der Waals surface area contributed by atoms with Crippen molar-refractivity contribution in [2.45, 2.75) is 59.5 Å². The maximum absolute atomic E-state index is 5.37. The van der Waals surface area contributed by atoms with E-state index in [4.69, 9.17) is 4.74 Å². The Balaban J connectivity index is 0.000000671. The van der Waals surface area contributed by atoms with E-state index in [-0.39, 0.29) is 0 Å². The molecule has 1 rings (SSSR count). The Labute approximate surface area is 83.9 Å². The molecule has 0 heterocycles. The predicted molar refractivity (Wildman–Crippen MR) is 58.9 cm³/mol. The van der Waals surface area contributed by atoms with Gasteiger partial charge in [0.05, 0.1) is 6.10 Å². The first kappa shape index (κ1) is 13.0. The molecule has 0 radical (unpaired) electrons. The van der Waals surface area contributed by atoms with E-state index in [1.807, 2.05) is 21.0 Å². The first-order chi connectivity index (χ1) is 6.27. The summed E-state index contributed by atoms with van der Waals surface area (Å²) in [6.45, 7) is 8.67. The van der Waals surface area contributed by atoms with E-state index in [9.17, 15) is 0 Å². The average Bonchev–Trinajstić information content (AvgIpc) is 2.22. The molecule has 1 nitrogen and oxygen atoms in total. The Hall–Kier alpha value is -0.0400. The molecule has 1 fully saturated rings. The average molecular weight is 186 g/mol. The summed E-state index contributed by atoms with van der Waals surface area (Å²) in [5.41, 5.74) is 0. The molecule has 1 aliphatic rings. The fourth-order valence-electron chi connectivity index (χ4n) is 2.16. The van der Waals surface area contributed by atoms with E-state index in [1.165, 1.54) is 25.7 Å². The van der Waals surface area contributed by atoms with Crippen LogP contribution in [0.25, 0.3) is 0 Å². The van der Waals surface area contributed by atoms with Crippen molar-refractivity contribution in [1.29, 1.82) is 0 Å². The Morgan fingerprint density at radius 2 is 1.85 bits per heavy atom. The minimum Gasteiger partial charge on any atom is -0.381 e. The fourth-order valence-corrected chi connectivity index (χ4v) is 2.16. The third kappa shape index (κ3) is 4.12. The van der Waals surface area contributed by atoms with Gasteiger partial charge in [-0.3, -0.25) is 0 Å². The molecule has 0 aliphatic heterocycles. The first-order valence-electron chi connectivity index (χ1n) is 5.80. The van der Waals surface area contributed by atoms with Gasteiger partial charge in [-0.15, -0.1) is 0 Å². The molecule has 0 amide bonds. The van der Waals surface area contributed by atoms with Gasteiger partial charge in [-0.05, 0) is 31.1 Å². The van der Waals surface area contributed by atoms with Crippen molar-refractivity contribution in [3.8, 4) is 0 Å². The number of methoxy groups -OCH3 is 1. The minimum atomic E-state index is 0.552. The van der Waals surface area contributed by atoms with Crippen LogP contribution < -0.4 is 0 Å². The summed E-state index contributed by atoms with van der Waals surface area (Å²) in [5, 5.41) is 0. The Kier molecular flexibility index (Phi) is 7.35. The van der Waals surface area contributed by atoms with E-state index in [2.05, 4.69) is 13.8 Å². The molecule has 1 aliphatic carbocycles. The maximum Gasteiger partial charge on any atom is 0.0574 e. The lowest BCUT2D eigenvalue weighted by molar-refractivity contribution is 0.0313. The van der Waals surface area contributed by atoms with Gasteiger partial charge >= 0.3 is 0 Å². The summed E-state index contributed by atoms with van der Waals surface area (Å²) in [6.07, 6.45) is 5.79. The molecule has 3 unspecified atom stereocenters. The Morgan fingerprint density at radius 1 is 1.23 bits per heavy atom. The maximum atomic E-state index is 5.37. The van der Waals surface area contributed by atoms with Gasteiger partial charge in [0.25, 0.3) is 0 Å². The van der Waals surface area contributed by atoms with E-state index in [0.29, 0.717) is 6.10 Å². The molecule has 0 N–H and O–H groups in total. The SMILES string of the molecule is CC.CCC1CC(OC)CCC1C. The summed E-state index contributed by atoms with van der Waals surface area (Å²) in [7, 11) is 1.84. The first-order valence-corrected chi connectivity index (χ1v) is 5.80. The second kappa shape index (κ2) is 7.37. The number of hydrogen-bond donors (Lipinski definition) is 0. The van der Waals surface area contributed by atoms with Crippen molar-refractivity contribution in [2.75, 3.05) is 7.11 Å². The predicted octanol–water partition coefficient (Wildman–Crippen LogP) is 3.87. The molecule has 0 aromatic heterocycles. The van der Waals surface area contributed by atoms with Crippen LogP contribution in [0.2, 0.25) is 0 Å². The highest BCUT2D eigenvalue weighted by atomic mass is 16.5. The van der Waals surface area contributed by atoms with Crippen LogP contribution in [0.4, 0.5) is 0 Å². The van der Waals surface area contributed by atoms with Gasteiger partial charge in [-0.1, -0.05) is 34.1 Å². The van der Waals surface area contributed by atoms with Crippen LogP contribution in [-0.2, 0) is 4.74 Å². The van der Waals surface area contributed by atoms with Gasteiger partial charge < -0.3 is 4.74 Å². The van der Waals surface area contributed by atoms with Crippen molar-refractivity contribution in [3.63, 3.8) is 0 Å². The quantitative estimate of drug-likeness (QED) is 0.636. The summed E-state index contributed by atoms with van der Waals surface area (Å²) in [4.78, 5) is 0. The van der Waals surface area contributed by atoms with Crippen molar-refractivity contribution in [2.24, 2.45) is 11.8 Å². The molecule has 1 saturated carbocycles. The summed E-state index contributed by atoms with van der Waals surface area (Å²) in [6, 6.07) is 0. The van der Waals surface area contributed by atoms with Crippen LogP contribution in [0.5, 0.6) is 0 Å². The van der Waals surface area contributed by atoms with Crippen LogP contribution in [0.15, 0.2) is 0 Å². The summed E-state index contributed by atoms with van der Waals surface area (Å²) < 4.78 is 5.37. The molecule has 3 atom stereocenters. The van der Waals surface area contributed by atoms with Crippen molar-refractivity contribution < 1.29 is 4.74 Å². The Bertz CT molecular complexity index is 112. The number of hydrogen-bond acceptors (Lipinski definition) is 1. The summed E-state index contributed by atoms with van der Waals surface area (Å²) >= 11 is 0. The lowest BCUT2D eigenvalue weighted by Crippen LogP contribution is -2.27. The number of rotatable bonds is 2. The zero-order chi connectivity index (χ0) is 10.3. The van der Waals surface area contributed by atoms with E-state index < -0.39 is 0 Å². The van der Waals surface area contributed by atoms with E-state index in [0.717, 1.165) is 11.8 Å². The zero-order valence-electron chi connectivity index (χ0n) is 9.97. The molecule has 0 aromatic carbocycles. The molecule has 13 heavy (non-hydrogen) atoms. The van der Waals surface area contributed by atoms with Gasteiger partial charge in [0.1, 0.15) is 0 Å². The van der Waals surface area contributed by atoms with Crippen LogP contribution in [-0.4, -0.2) is 13.2 Å². The topological polar surface area (TPSA) is 9.23 Å². The molecular weight excluding hydrogens is 160 g/mol. The van der Waals surface area contributed by atoms with Crippen molar-refractivity contribution in [3.05, 3.63) is 0 Å².